The molecule has 1 fully saturated rings. The number of aromatic nitrogens is 2. The van der Waals surface area contributed by atoms with Gasteiger partial charge in [-0.1, -0.05) is 20.8 Å². The van der Waals surface area contributed by atoms with Crippen molar-refractivity contribution in [2.75, 3.05) is 0 Å². The summed E-state index contributed by atoms with van der Waals surface area (Å²) in [7, 11) is -1.71. The van der Waals surface area contributed by atoms with Gasteiger partial charge in [-0.2, -0.15) is 0 Å². The van der Waals surface area contributed by atoms with Gasteiger partial charge < -0.3 is 9.16 Å². The summed E-state index contributed by atoms with van der Waals surface area (Å²) in [6, 6.07) is 0. The van der Waals surface area contributed by atoms with Crippen LogP contribution in [0.2, 0.25) is 18.1 Å². The molecular weight excluding hydrogens is 296 g/mol. The van der Waals surface area contributed by atoms with Gasteiger partial charge in [0.2, 0.25) is 0 Å². The summed E-state index contributed by atoms with van der Waals surface area (Å²) in [4.78, 5) is 15.8. The molecule has 0 saturated heterocycles. The Kier molecular flexibility index (Phi) is 5.12. The molecule has 6 heteroatoms. The number of rotatable bonds is 3. The maximum atomic E-state index is 11.9. The normalized spacial score (nSPS) is 23.3. The van der Waals surface area contributed by atoms with Crippen molar-refractivity contribution in [3.05, 3.63) is 18.7 Å². The van der Waals surface area contributed by atoms with Crippen LogP contribution in [0.25, 0.3) is 0 Å². The quantitative estimate of drug-likeness (QED) is 0.782. The fourth-order valence-electron chi connectivity index (χ4n) is 2.43. The molecular formula is C16H28N2O3Si. The van der Waals surface area contributed by atoms with E-state index >= 15 is 0 Å². The van der Waals surface area contributed by atoms with Gasteiger partial charge in [0.1, 0.15) is 12.4 Å². The molecule has 0 atom stereocenters. The molecule has 0 spiro atoms. The van der Waals surface area contributed by atoms with E-state index in [4.69, 9.17) is 9.16 Å². The maximum Gasteiger partial charge on any atom is 0.419 e. The van der Waals surface area contributed by atoms with Gasteiger partial charge >= 0.3 is 6.09 Å². The van der Waals surface area contributed by atoms with Crippen LogP contribution in [-0.4, -0.2) is 36.2 Å². The SMILES string of the molecule is CC(C)(C)[Si](C)(C)O[C@H]1CC[C@H](OC(=O)n2ccnc2)CC1. The fourth-order valence-corrected chi connectivity index (χ4v) is 3.85. The Morgan fingerprint density at radius 2 is 1.77 bits per heavy atom. The van der Waals surface area contributed by atoms with Crippen LogP contribution in [0.15, 0.2) is 18.7 Å². The van der Waals surface area contributed by atoms with Gasteiger partial charge in [-0.05, 0) is 43.8 Å². The highest BCUT2D eigenvalue weighted by Crippen LogP contribution is 2.39. The number of hydrogen-bond donors (Lipinski definition) is 0. The molecule has 0 unspecified atom stereocenters. The van der Waals surface area contributed by atoms with Crippen LogP contribution in [0.1, 0.15) is 46.5 Å². The van der Waals surface area contributed by atoms with Crippen molar-refractivity contribution in [1.82, 2.24) is 9.55 Å². The lowest BCUT2D eigenvalue weighted by atomic mass is 9.95. The van der Waals surface area contributed by atoms with Gasteiger partial charge in [0.25, 0.3) is 0 Å². The predicted octanol–water partition coefficient (Wildman–Crippen LogP) is 4.20. The standard InChI is InChI=1S/C16H28N2O3Si/c1-16(2,3)22(4,5)21-14-8-6-13(7-9-14)20-15(19)18-11-10-17-12-18/h10-14H,6-9H2,1-5H3/t13-,14-. The number of carbonyl (C=O) groups is 1. The minimum Gasteiger partial charge on any atom is -0.446 e. The summed E-state index contributed by atoms with van der Waals surface area (Å²) < 4.78 is 13.3. The average molecular weight is 324 g/mol. The molecule has 1 aliphatic rings. The van der Waals surface area contributed by atoms with E-state index in [1.54, 1.807) is 12.4 Å². The van der Waals surface area contributed by atoms with E-state index in [0.717, 1.165) is 25.7 Å². The van der Waals surface area contributed by atoms with Crippen molar-refractivity contribution in [2.45, 2.75) is 76.8 Å². The number of hydrogen-bond acceptors (Lipinski definition) is 4. The van der Waals surface area contributed by atoms with Crippen molar-refractivity contribution in [3.8, 4) is 0 Å². The first kappa shape index (κ1) is 17.2. The highest BCUT2D eigenvalue weighted by molar-refractivity contribution is 6.74. The second kappa shape index (κ2) is 6.54. The van der Waals surface area contributed by atoms with Crippen LogP contribution in [0.3, 0.4) is 0 Å². The van der Waals surface area contributed by atoms with E-state index < -0.39 is 8.32 Å². The Morgan fingerprint density at radius 1 is 1.18 bits per heavy atom. The lowest BCUT2D eigenvalue weighted by Gasteiger charge is -2.41. The first-order valence-corrected chi connectivity index (χ1v) is 11.0. The van der Waals surface area contributed by atoms with E-state index in [0.29, 0.717) is 6.10 Å². The maximum absolute atomic E-state index is 11.9. The molecule has 1 aromatic heterocycles. The largest absolute Gasteiger partial charge is 0.446 e. The van der Waals surface area contributed by atoms with Gasteiger partial charge in [-0.15, -0.1) is 0 Å². The van der Waals surface area contributed by atoms with E-state index in [2.05, 4.69) is 38.8 Å². The molecule has 1 saturated carbocycles. The van der Waals surface area contributed by atoms with Crippen molar-refractivity contribution in [2.24, 2.45) is 0 Å². The zero-order valence-corrected chi connectivity index (χ0v) is 15.3. The molecule has 124 valence electrons. The first-order valence-electron chi connectivity index (χ1n) is 8.06. The van der Waals surface area contributed by atoms with Crippen LogP contribution in [-0.2, 0) is 9.16 Å². The van der Waals surface area contributed by atoms with Gasteiger partial charge in [-0.3, -0.25) is 0 Å². The van der Waals surface area contributed by atoms with Crippen LogP contribution < -0.4 is 0 Å². The third-order valence-corrected chi connectivity index (χ3v) is 9.41. The summed E-state index contributed by atoms with van der Waals surface area (Å²) in [6.45, 7) is 11.4. The topological polar surface area (TPSA) is 53.4 Å². The second-order valence-electron chi connectivity index (χ2n) is 7.63. The van der Waals surface area contributed by atoms with E-state index in [1.165, 1.54) is 10.9 Å². The van der Waals surface area contributed by atoms with Gasteiger partial charge in [0.05, 0.1) is 0 Å². The lowest BCUT2D eigenvalue weighted by molar-refractivity contribution is 0.0387. The molecule has 1 aliphatic carbocycles. The van der Waals surface area contributed by atoms with Crippen LogP contribution in [0.4, 0.5) is 4.79 Å². The fraction of sp³-hybridized carbons (Fsp3) is 0.750. The smallest absolute Gasteiger partial charge is 0.419 e. The highest BCUT2D eigenvalue weighted by Gasteiger charge is 2.40. The minimum absolute atomic E-state index is 0.00540. The van der Waals surface area contributed by atoms with Gasteiger partial charge in [0, 0.05) is 18.5 Å². The molecule has 0 aromatic carbocycles. The van der Waals surface area contributed by atoms with Crippen molar-refractivity contribution >= 4 is 14.4 Å². The number of ether oxygens (including phenoxy) is 1. The Labute approximate surface area is 134 Å². The minimum atomic E-state index is -1.71. The molecule has 1 heterocycles. The molecule has 5 nitrogen and oxygen atoms in total. The molecule has 22 heavy (non-hydrogen) atoms. The molecule has 0 bridgehead atoms. The summed E-state index contributed by atoms with van der Waals surface area (Å²) in [5.74, 6) is 0. The Morgan fingerprint density at radius 3 is 2.27 bits per heavy atom. The third kappa shape index (κ3) is 4.20. The Hall–Kier alpha value is -1.14. The number of imidazole rings is 1. The van der Waals surface area contributed by atoms with Crippen molar-refractivity contribution < 1.29 is 14.0 Å². The van der Waals surface area contributed by atoms with Gasteiger partial charge in [-0.25, -0.2) is 14.3 Å². The number of nitrogens with zero attached hydrogens (tertiary/aromatic N) is 2. The first-order chi connectivity index (χ1) is 10.2. The molecule has 1 aromatic rings. The zero-order chi connectivity index (χ0) is 16.4. The average Bonchev–Trinajstić information content (AvgIpc) is 2.93. The van der Waals surface area contributed by atoms with Crippen LogP contribution in [0.5, 0.6) is 0 Å². The van der Waals surface area contributed by atoms with Crippen molar-refractivity contribution in [1.29, 1.82) is 0 Å². The monoisotopic (exact) mass is 324 g/mol. The molecule has 0 N–H and O–H groups in total. The summed E-state index contributed by atoms with van der Waals surface area (Å²) in [5.41, 5.74) is 0. The summed E-state index contributed by atoms with van der Waals surface area (Å²) in [6.07, 6.45) is 8.29. The predicted molar refractivity (Wildman–Crippen MR) is 88.4 cm³/mol. The Bertz CT molecular complexity index is 486. The summed E-state index contributed by atoms with van der Waals surface area (Å²) >= 11 is 0. The molecule has 0 radical (unpaired) electrons. The van der Waals surface area contributed by atoms with Crippen LogP contribution in [0, 0.1) is 0 Å². The van der Waals surface area contributed by atoms with Crippen LogP contribution >= 0.6 is 0 Å². The van der Waals surface area contributed by atoms with E-state index in [1.807, 2.05) is 0 Å². The van der Waals surface area contributed by atoms with E-state index in [9.17, 15) is 4.79 Å². The highest BCUT2D eigenvalue weighted by atomic mass is 28.4. The van der Waals surface area contributed by atoms with E-state index in [-0.39, 0.29) is 17.2 Å². The second-order valence-corrected chi connectivity index (χ2v) is 12.4. The third-order valence-electron chi connectivity index (χ3n) is 4.87. The zero-order valence-electron chi connectivity index (χ0n) is 14.3. The molecule has 2 rings (SSSR count). The van der Waals surface area contributed by atoms with Gasteiger partial charge in [0.15, 0.2) is 8.32 Å². The van der Waals surface area contributed by atoms with Crippen molar-refractivity contribution in [3.63, 3.8) is 0 Å². The molecule has 0 aliphatic heterocycles. The lowest BCUT2D eigenvalue weighted by Crippen LogP contribution is -2.45. The summed E-state index contributed by atoms with van der Waals surface area (Å²) in [5, 5.41) is 0.234. The number of carbonyl (C=O) groups excluding carboxylic acids is 1. The molecule has 0 amide bonds. The Balaban J connectivity index is 1.80.